The molecule has 0 aliphatic carbocycles. The molecule has 0 aliphatic rings. The van der Waals surface area contributed by atoms with Crippen LogP contribution in [0.15, 0.2) is 79.4 Å². The zero-order chi connectivity index (χ0) is 27.1. The van der Waals surface area contributed by atoms with Crippen molar-refractivity contribution in [1.82, 2.24) is 25.5 Å². The van der Waals surface area contributed by atoms with E-state index in [9.17, 15) is 19.6 Å². The summed E-state index contributed by atoms with van der Waals surface area (Å²) in [6.07, 6.45) is 6.83. The van der Waals surface area contributed by atoms with Gasteiger partial charge in [-0.15, -0.1) is 5.10 Å². The van der Waals surface area contributed by atoms with E-state index in [4.69, 9.17) is 16.7 Å². The van der Waals surface area contributed by atoms with Gasteiger partial charge in [0, 0.05) is 40.9 Å². The molecule has 38 heavy (non-hydrogen) atoms. The van der Waals surface area contributed by atoms with Crippen LogP contribution in [0.5, 0.6) is 0 Å². The average molecular weight is 534 g/mol. The van der Waals surface area contributed by atoms with Crippen molar-refractivity contribution in [3.63, 3.8) is 0 Å². The van der Waals surface area contributed by atoms with Gasteiger partial charge >= 0.3 is 5.97 Å². The molecular formula is C25H20ClN7O5. The number of hydrogen-bond acceptors (Lipinski definition) is 7. The Morgan fingerprint density at radius 2 is 1.84 bits per heavy atom. The third-order valence-electron chi connectivity index (χ3n) is 5.34. The molecule has 2 heterocycles. The normalized spacial score (nSPS) is 11.7. The molecule has 0 saturated heterocycles. The van der Waals surface area contributed by atoms with E-state index >= 15 is 0 Å². The summed E-state index contributed by atoms with van der Waals surface area (Å²) < 4.78 is 2.02. The maximum Gasteiger partial charge on any atom is 0.335 e. The topological polar surface area (TPSA) is 166 Å². The Balaban J connectivity index is 1.53. The predicted octanol–water partition coefficient (Wildman–Crippen LogP) is 2.03. The van der Waals surface area contributed by atoms with Gasteiger partial charge in [0.25, 0.3) is 0 Å². The zero-order valence-electron chi connectivity index (χ0n) is 19.6. The molecular weight excluding hydrogens is 514 g/mol. The van der Waals surface area contributed by atoms with E-state index in [-0.39, 0.29) is 12.0 Å². The van der Waals surface area contributed by atoms with Gasteiger partial charge < -0.3 is 20.9 Å². The van der Waals surface area contributed by atoms with Gasteiger partial charge in [0.15, 0.2) is 12.4 Å². The van der Waals surface area contributed by atoms with Crippen molar-refractivity contribution in [2.75, 3.05) is 5.32 Å². The Labute approximate surface area is 220 Å². The summed E-state index contributed by atoms with van der Waals surface area (Å²) in [6.45, 7) is 0. The first kappa shape index (κ1) is 26.0. The molecule has 192 valence electrons. The maximum absolute atomic E-state index is 13.1. The Bertz CT molecular complexity index is 1470. The van der Waals surface area contributed by atoms with Crippen LogP contribution in [0.1, 0.15) is 21.5 Å². The standard InChI is InChI=1S/C25H20ClN7O5/c26-19-4-7-22(33-15-27-30-31-33)18(14-19)3-8-23(34)29-21(13-16-9-11-32(38)12-10-16)24(35)28-20-5-1-17(2-6-20)25(36)37/h1-12,14-15,21H,13H2,(H,28,35)(H,29,34)(H,36,37)/b8-3+/t21-/m0/s1. The molecule has 13 heteroatoms. The van der Waals surface area contributed by atoms with E-state index < -0.39 is 23.8 Å². The van der Waals surface area contributed by atoms with E-state index in [1.165, 1.54) is 59.8 Å². The number of nitrogens with one attached hydrogen (secondary N) is 2. The van der Waals surface area contributed by atoms with Gasteiger partial charge in [-0.3, -0.25) is 9.59 Å². The molecule has 0 fully saturated rings. The van der Waals surface area contributed by atoms with Gasteiger partial charge in [-0.1, -0.05) is 11.6 Å². The van der Waals surface area contributed by atoms with Crippen LogP contribution in [0.4, 0.5) is 5.69 Å². The fourth-order valence-electron chi connectivity index (χ4n) is 3.47. The Kier molecular flexibility index (Phi) is 8.04. The SMILES string of the molecule is O=C(/C=C/c1cc(Cl)ccc1-n1cnnn1)N[C@@H](Cc1cc[n+]([O-])cc1)C(=O)Nc1ccc(C(=O)O)cc1. The number of tetrazole rings is 1. The van der Waals surface area contributed by atoms with Crippen molar-refractivity contribution in [2.24, 2.45) is 0 Å². The first-order chi connectivity index (χ1) is 18.3. The lowest BCUT2D eigenvalue weighted by molar-refractivity contribution is -0.605. The quantitative estimate of drug-likeness (QED) is 0.167. The first-order valence-electron chi connectivity index (χ1n) is 11.1. The van der Waals surface area contributed by atoms with Crippen LogP contribution in [0.2, 0.25) is 5.02 Å². The Morgan fingerprint density at radius 1 is 1.11 bits per heavy atom. The number of carbonyl (C=O) groups excluding carboxylic acids is 2. The largest absolute Gasteiger partial charge is 0.619 e. The molecule has 0 saturated carbocycles. The summed E-state index contributed by atoms with van der Waals surface area (Å²) in [5.41, 5.74) is 2.19. The van der Waals surface area contributed by atoms with Crippen LogP contribution in [-0.2, 0) is 16.0 Å². The summed E-state index contributed by atoms with van der Waals surface area (Å²) in [7, 11) is 0. The van der Waals surface area contributed by atoms with Crippen molar-refractivity contribution in [3.05, 3.63) is 106 Å². The maximum atomic E-state index is 13.1. The van der Waals surface area contributed by atoms with Crippen molar-refractivity contribution in [2.45, 2.75) is 12.5 Å². The summed E-state index contributed by atoms with van der Waals surface area (Å²) in [4.78, 5) is 37.0. The Morgan fingerprint density at radius 3 is 2.50 bits per heavy atom. The second-order valence-corrected chi connectivity index (χ2v) is 8.43. The fourth-order valence-corrected chi connectivity index (χ4v) is 3.66. The first-order valence-corrected chi connectivity index (χ1v) is 11.5. The van der Waals surface area contributed by atoms with Gasteiger partial charge in [0.1, 0.15) is 12.4 Å². The summed E-state index contributed by atoms with van der Waals surface area (Å²) in [5.74, 6) is -2.20. The zero-order valence-corrected chi connectivity index (χ0v) is 20.3. The van der Waals surface area contributed by atoms with E-state index in [0.717, 1.165) is 0 Å². The molecule has 4 rings (SSSR count). The number of aromatic carboxylic acids is 1. The molecule has 2 aromatic carbocycles. The molecule has 2 amide bonds. The van der Waals surface area contributed by atoms with Crippen LogP contribution < -0.4 is 15.4 Å². The van der Waals surface area contributed by atoms with Gasteiger partial charge in [-0.05, 0) is 64.5 Å². The molecule has 1 atom stereocenters. The highest BCUT2D eigenvalue weighted by molar-refractivity contribution is 6.30. The summed E-state index contributed by atoms with van der Waals surface area (Å²) in [6, 6.07) is 12.7. The number of benzene rings is 2. The average Bonchev–Trinajstić information content (AvgIpc) is 3.43. The lowest BCUT2D eigenvalue weighted by Gasteiger charge is -2.18. The van der Waals surface area contributed by atoms with Gasteiger partial charge in [-0.2, -0.15) is 9.41 Å². The van der Waals surface area contributed by atoms with Crippen LogP contribution in [0, 0.1) is 5.21 Å². The van der Waals surface area contributed by atoms with Gasteiger partial charge in [0.05, 0.1) is 11.3 Å². The Hall–Kier alpha value is -5.10. The highest BCUT2D eigenvalue weighted by atomic mass is 35.5. The highest BCUT2D eigenvalue weighted by Gasteiger charge is 2.21. The van der Waals surface area contributed by atoms with E-state index in [1.54, 1.807) is 30.3 Å². The van der Waals surface area contributed by atoms with Crippen LogP contribution in [0.25, 0.3) is 11.8 Å². The molecule has 0 spiro atoms. The molecule has 0 radical (unpaired) electrons. The molecule has 4 aromatic rings. The van der Waals surface area contributed by atoms with Crippen molar-refractivity contribution < 1.29 is 24.2 Å². The minimum atomic E-state index is -1.09. The monoisotopic (exact) mass is 533 g/mol. The van der Waals surface area contributed by atoms with Gasteiger partial charge in [0.2, 0.25) is 11.8 Å². The lowest BCUT2D eigenvalue weighted by Crippen LogP contribution is -2.44. The number of aromatic nitrogens is 5. The minimum Gasteiger partial charge on any atom is -0.619 e. The fraction of sp³-hybridized carbons (Fsp3) is 0.0800. The number of pyridine rings is 1. The molecule has 0 unspecified atom stereocenters. The number of carbonyl (C=O) groups is 3. The van der Waals surface area contributed by atoms with Crippen molar-refractivity contribution >= 4 is 41.1 Å². The third-order valence-corrected chi connectivity index (χ3v) is 5.58. The van der Waals surface area contributed by atoms with Crippen molar-refractivity contribution in [1.29, 1.82) is 0 Å². The molecule has 0 aliphatic heterocycles. The highest BCUT2D eigenvalue weighted by Crippen LogP contribution is 2.20. The second-order valence-electron chi connectivity index (χ2n) is 7.99. The third kappa shape index (κ3) is 6.77. The van der Waals surface area contributed by atoms with E-state index in [2.05, 4.69) is 26.2 Å². The molecule has 12 nitrogen and oxygen atoms in total. The number of rotatable bonds is 9. The molecule has 0 bridgehead atoms. The number of nitrogens with zero attached hydrogens (tertiary/aromatic N) is 5. The van der Waals surface area contributed by atoms with E-state index in [0.29, 0.717) is 32.3 Å². The number of hydrogen-bond donors (Lipinski definition) is 3. The van der Waals surface area contributed by atoms with E-state index in [1.807, 2.05) is 0 Å². The second kappa shape index (κ2) is 11.8. The molecule has 3 N–H and O–H groups in total. The summed E-state index contributed by atoms with van der Waals surface area (Å²) in [5, 5.41) is 37.3. The number of anilines is 1. The van der Waals surface area contributed by atoms with Crippen LogP contribution in [-0.4, -0.2) is 49.1 Å². The number of amides is 2. The number of carboxylic acid groups (broad SMARTS) is 1. The van der Waals surface area contributed by atoms with Crippen LogP contribution in [0.3, 0.4) is 0 Å². The summed E-state index contributed by atoms with van der Waals surface area (Å²) >= 11 is 6.12. The predicted molar refractivity (Wildman–Crippen MR) is 136 cm³/mol. The van der Waals surface area contributed by atoms with Crippen molar-refractivity contribution in [3.8, 4) is 5.69 Å². The van der Waals surface area contributed by atoms with Crippen LogP contribution >= 0.6 is 11.6 Å². The molecule has 2 aromatic heterocycles. The smallest absolute Gasteiger partial charge is 0.335 e. The minimum absolute atomic E-state index is 0.0650. The van der Waals surface area contributed by atoms with Gasteiger partial charge in [-0.25, -0.2) is 4.79 Å². The number of halogens is 1. The lowest BCUT2D eigenvalue weighted by atomic mass is 10.1. The number of carboxylic acids is 1.